The Bertz CT molecular complexity index is 1120. The Morgan fingerprint density at radius 2 is 1.97 bits per heavy atom. The summed E-state index contributed by atoms with van der Waals surface area (Å²) >= 11 is 0. The van der Waals surface area contributed by atoms with Crippen molar-refractivity contribution in [1.82, 2.24) is 19.9 Å². The molecule has 0 radical (unpaired) electrons. The molecule has 3 rings (SSSR count). The van der Waals surface area contributed by atoms with Crippen molar-refractivity contribution >= 4 is 28.7 Å². The van der Waals surface area contributed by atoms with Crippen LogP contribution in [0, 0.1) is 5.82 Å². The van der Waals surface area contributed by atoms with Crippen molar-refractivity contribution in [2.45, 2.75) is 45.3 Å². The normalized spacial score (nSPS) is 12.3. The number of amides is 1. The lowest BCUT2D eigenvalue weighted by atomic mass is 10.0. The zero-order valence-corrected chi connectivity index (χ0v) is 18.1. The summed E-state index contributed by atoms with van der Waals surface area (Å²) < 4.78 is 43.7. The lowest BCUT2D eigenvalue weighted by Crippen LogP contribution is -2.50. The maximum absolute atomic E-state index is 14.4. The van der Waals surface area contributed by atoms with E-state index in [1.54, 1.807) is 12.1 Å². The fourth-order valence-electron chi connectivity index (χ4n) is 2.81. The molecule has 0 saturated heterocycles. The van der Waals surface area contributed by atoms with E-state index in [2.05, 4.69) is 26.0 Å². The number of carbonyl (C=O) groups excluding carboxylic acids is 1. The molecule has 0 saturated carbocycles. The Hall–Kier alpha value is -3.34. The molecule has 11 heteroatoms. The topological polar surface area (TPSA) is 104 Å². The minimum absolute atomic E-state index is 0.0319. The summed E-state index contributed by atoms with van der Waals surface area (Å²) in [5, 5.41) is 21.6. The minimum Gasteiger partial charge on any atom is -0.384 e. The summed E-state index contributed by atoms with van der Waals surface area (Å²) in [7, 11) is 0. The first-order valence-electron chi connectivity index (χ1n) is 9.93. The van der Waals surface area contributed by atoms with Crippen LogP contribution in [0.3, 0.4) is 0 Å². The molecule has 0 aliphatic carbocycles. The second-order valence-corrected chi connectivity index (χ2v) is 8.20. The van der Waals surface area contributed by atoms with Crippen molar-refractivity contribution < 1.29 is 23.1 Å². The van der Waals surface area contributed by atoms with Gasteiger partial charge in [-0.25, -0.2) is 22.7 Å². The van der Waals surface area contributed by atoms with Crippen LogP contribution in [0.4, 0.5) is 30.4 Å². The highest BCUT2D eigenvalue weighted by Gasteiger charge is 2.45. The summed E-state index contributed by atoms with van der Waals surface area (Å²) in [5.74, 6) is -4.93. The number of fused-ring (bicyclic) bond motifs is 1. The van der Waals surface area contributed by atoms with Crippen LogP contribution in [0.5, 0.6) is 0 Å². The van der Waals surface area contributed by atoms with Gasteiger partial charge in [-0.3, -0.25) is 4.79 Å². The number of aliphatic hydroxyl groups is 1. The van der Waals surface area contributed by atoms with E-state index in [-0.39, 0.29) is 17.4 Å². The third-order valence-corrected chi connectivity index (χ3v) is 4.67. The molecule has 3 aromatic rings. The molecule has 0 atom stereocenters. The van der Waals surface area contributed by atoms with Crippen LogP contribution in [0.15, 0.2) is 36.7 Å². The zero-order valence-electron chi connectivity index (χ0n) is 18.1. The number of nitrogens with zero attached hydrogens (tertiary/aromatic N) is 3. The van der Waals surface area contributed by atoms with Crippen LogP contribution >= 0.6 is 0 Å². The fraction of sp³-hybridized carbons (Fsp3) is 0.381. The van der Waals surface area contributed by atoms with Crippen molar-refractivity contribution in [2.75, 3.05) is 17.2 Å². The number of hydrogen-bond acceptors (Lipinski definition) is 6. The van der Waals surface area contributed by atoms with Gasteiger partial charge in [0.15, 0.2) is 17.3 Å². The molecule has 4 N–H and O–H groups in total. The first-order chi connectivity index (χ1) is 14.9. The Morgan fingerprint density at radius 1 is 1.25 bits per heavy atom. The predicted octanol–water partition coefficient (Wildman–Crippen LogP) is 3.57. The fourth-order valence-corrected chi connectivity index (χ4v) is 2.81. The lowest BCUT2D eigenvalue weighted by molar-refractivity contribution is -0.156. The van der Waals surface area contributed by atoms with E-state index < -0.39 is 29.8 Å². The van der Waals surface area contributed by atoms with Crippen LogP contribution in [-0.4, -0.2) is 49.7 Å². The molecular formula is C21H25F3N6O2. The highest BCUT2D eigenvalue weighted by molar-refractivity contribution is 6.00. The molecule has 0 aliphatic rings. The number of carbonyl (C=O) groups is 1. The van der Waals surface area contributed by atoms with Crippen LogP contribution < -0.4 is 16.0 Å². The average molecular weight is 450 g/mol. The Labute approximate surface area is 182 Å². The summed E-state index contributed by atoms with van der Waals surface area (Å²) in [6.07, 6.45) is 2.67. The number of alkyl halides is 2. The van der Waals surface area contributed by atoms with Gasteiger partial charge in [0.05, 0.1) is 24.5 Å². The molecule has 0 fully saturated rings. The van der Waals surface area contributed by atoms with Crippen molar-refractivity contribution in [1.29, 1.82) is 0 Å². The maximum atomic E-state index is 14.4. The van der Waals surface area contributed by atoms with Gasteiger partial charge in [0, 0.05) is 23.5 Å². The largest absolute Gasteiger partial charge is 0.384 e. The molecule has 172 valence electrons. The number of anilines is 3. The molecule has 1 aromatic carbocycles. The summed E-state index contributed by atoms with van der Waals surface area (Å²) in [5.41, 5.74) is -0.934. The highest BCUT2D eigenvalue weighted by atomic mass is 19.3. The van der Waals surface area contributed by atoms with Crippen LogP contribution in [0.25, 0.3) is 5.65 Å². The van der Waals surface area contributed by atoms with Crippen molar-refractivity contribution in [3.05, 3.63) is 48.0 Å². The van der Waals surface area contributed by atoms with Gasteiger partial charge in [-0.2, -0.15) is 5.10 Å². The molecule has 0 bridgehead atoms. The third-order valence-electron chi connectivity index (χ3n) is 4.67. The van der Waals surface area contributed by atoms with Gasteiger partial charge >= 0.3 is 0 Å². The van der Waals surface area contributed by atoms with E-state index in [1.165, 1.54) is 29.0 Å². The number of halogens is 3. The van der Waals surface area contributed by atoms with E-state index >= 15 is 0 Å². The van der Waals surface area contributed by atoms with Crippen molar-refractivity contribution in [3.8, 4) is 0 Å². The second-order valence-electron chi connectivity index (χ2n) is 8.20. The van der Waals surface area contributed by atoms with Gasteiger partial charge < -0.3 is 21.1 Å². The molecule has 8 nitrogen and oxygen atoms in total. The smallest absolute Gasteiger partial charge is 0.292 e. The molecule has 2 heterocycles. The Kier molecular flexibility index (Phi) is 6.31. The number of rotatable bonds is 8. The van der Waals surface area contributed by atoms with Crippen LogP contribution in [0.2, 0.25) is 0 Å². The first-order valence-corrected chi connectivity index (χ1v) is 9.93. The predicted molar refractivity (Wildman–Crippen MR) is 115 cm³/mol. The summed E-state index contributed by atoms with van der Waals surface area (Å²) in [4.78, 5) is 16.8. The summed E-state index contributed by atoms with van der Waals surface area (Å²) in [6, 6.07) is 6.04. The third kappa shape index (κ3) is 5.10. The molecule has 32 heavy (non-hydrogen) atoms. The van der Waals surface area contributed by atoms with Crippen LogP contribution in [0.1, 0.15) is 38.1 Å². The van der Waals surface area contributed by atoms with E-state index in [0.717, 1.165) is 13.8 Å². The zero-order chi connectivity index (χ0) is 23.7. The van der Waals surface area contributed by atoms with Gasteiger partial charge in [0.25, 0.3) is 11.8 Å². The van der Waals surface area contributed by atoms with E-state index in [4.69, 9.17) is 0 Å². The van der Waals surface area contributed by atoms with Gasteiger partial charge in [-0.05, 0) is 45.9 Å². The molecule has 0 aliphatic heterocycles. The maximum Gasteiger partial charge on any atom is 0.292 e. The first kappa shape index (κ1) is 23.3. The van der Waals surface area contributed by atoms with Gasteiger partial charge in [-0.1, -0.05) is 0 Å². The molecule has 0 spiro atoms. The number of hydrogen-bond donors (Lipinski definition) is 4. The van der Waals surface area contributed by atoms with Crippen LogP contribution in [-0.2, 0) is 0 Å². The quantitative estimate of drug-likeness (QED) is 0.418. The lowest BCUT2D eigenvalue weighted by Gasteiger charge is -2.29. The van der Waals surface area contributed by atoms with E-state index in [1.807, 2.05) is 13.8 Å². The van der Waals surface area contributed by atoms with E-state index in [9.17, 15) is 23.1 Å². The second kappa shape index (κ2) is 8.65. The molecule has 2 aromatic heterocycles. The Balaban J connectivity index is 1.85. The number of benzene rings is 1. The van der Waals surface area contributed by atoms with Crippen molar-refractivity contribution in [3.63, 3.8) is 0 Å². The van der Waals surface area contributed by atoms with Gasteiger partial charge in [0.2, 0.25) is 0 Å². The van der Waals surface area contributed by atoms with Crippen molar-refractivity contribution in [2.24, 2.45) is 0 Å². The summed E-state index contributed by atoms with van der Waals surface area (Å²) in [6.45, 7) is 4.61. The molecular weight excluding hydrogens is 425 g/mol. The van der Waals surface area contributed by atoms with E-state index in [0.29, 0.717) is 17.0 Å². The van der Waals surface area contributed by atoms with Gasteiger partial charge in [-0.15, -0.1) is 0 Å². The standard InChI is InChI=1S/C21H25F3N6O2/c1-12(2)27-16-9-13(28-18-15(22)10-30-17(29-18)7-8-26-30)5-6-14(16)19(31)25-11-21(23,24)20(3,4)32/h5-10,12,27,32H,11H2,1-4H3,(H,25,31)(H,28,29). The van der Waals surface area contributed by atoms with Gasteiger partial charge in [0.1, 0.15) is 5.60 Å². The SMILES string of the molecule is CC(C)Nc1cc(Nc2nc3ccnn3cc2F)ccc1C(=O)NCC(F)(F)C(C)(C)O. The average Bonchev–Trinajstić information content (AvgIpc) is 3.12. The number of nitrogens with one attached hydrogen (secondary N) is 3. The Morgan fingerprint density at radius 3 is 2.62 bits per heavy atom. The molecule has 0 unspecified atom stereocenters. The molecule has 1 amide bonds. The minimum atomic E-state index is -3.52. The highest BCUT2D eigenvalue weighted by Crippen LogP contribution is 2.28. The number of aromatic nitrogens is 3. The monoisotopic (exact) mass is 450 g/mol.